The van der Waals surface area contributed by atoms with Gasteiger partial charge in [0.2, 0.25) is 0 Å². The zero-order chi connectivity index (χ0) is 14.2. The number of esters is 1. The van der Waals surface area contributed by atoms with Gasteiger partial charge >= 0.3 is 19.7 Å². The molecule has 0 saturated heterocycles. The van der Waals surface area contributed by atoms with Gasteiger partial charge in [0.15, 0.2) is 0 Å². The number of ether oxygens (including phenoxy) is 2. The van der Waals surface area contributed by atoms with Gasteiger partial charge in [0.1, 0.15) is 6.29 Å². The Morgan fingerprint density at radius 3 is 2.17 bits per heavy atom. The number of amides is 1. The molecule has 0 aliphatic heterocycles. The summed E-state index contributed by atoms with van der Waals surface area (Å²) in [6.45, 7) is 3.32. The first kappa shape index (κ1) is 16.9. The normalized spacial score (nSPS) is 10.9. The maximum Gasteiger partial charge on any atom is 0.410 e. The van der Waals surface area contributed by atoms with Gasteiger partial charge in [-0.25, -0.2) is 4.79 Å². The Bertz CT molecular complexity index is 327. The molecule has 1 amide bonds. The van der Waals surface area contributed by atoms with Crippen LogP contribution in [0.3, 0.4) is 0 Å². The third-order valence-corrected chi connectivity index (χ3v) is 2.48. The predicted octanol–water partition coefficient (Wildman–Crippen LogP) is 0.533. The highest BCUT2D eigenvalue weighted by atomic mass is 31.2. The summed E-state index contributed by atoms with van der Waals surface area (Å²) in [6, 6.07) is 0. The summed E-state index contributed by atoms with van der Waals surface area (Å²) in [6.07, 6.45) is -1.80. The molecule has 0 aliphatic rings. The lowest BCUT2D eigenvalue weighted by molar-refractivity contribution is -0.143. The first-order chi connectivity index (χ1) is 8.30. The average Bonchev–Trinajstić information content (AvgIpc) is 2.23. The molecule has 8 nitrogen and oxygen atoms in total. The summed E-state index contributed by atoms with van der Waals surface area (Å²) in [5.74, 6) is -0.544. The fraction of sp³-hybridized carbons (Fsp3) is 0.778. The zero-order valence-electron chi connectivity index (χ0n) is 10.4. The Balaban J connectivity index is 4.43. The van der Waals surface area contributed by atoms with Crippen LogP contribution in [0, 0.1) is 0 Å². The number of hydrogen-bond acceptors (Lipinski definition) is 5. The van der Waals surface area contributed by atoms with Crippen molar-refractivity contribution in [3.63, 3.8) is 0 Å². The molecule has 0 aromatic carbocycles. The van der Waals surface area contributed by atoms with Gasteiger partial charge in [-0.3, -0.25) is 14.3 Å². The van der Waals surface area contributed by atoms with Crippen molar-refractivity contribution in [3.8, 4) is 0 Å². The molecule has 0 saturated carbocycles. The van der Waals surface area contributed by atoms with E-state index in [1.54, 1.807) is 13.8 Å². The van der Waals surface area contributed by atoms with Crippen LogP contribution in [0.2, 0.25) is 0 Å². The molecule has 0 unspecified atom stereocenters. The molecule has 0 spiro atoms. The Labute approximate surface area is 105 Å². The fourth-order valence-corrected chi connectivity index (χ4v) is 1.82. The predicted molar refractivity (Wildman–Crippen MR) is 61.9 cm³/mol. The molecular weight excluding hydrogens is 265 g/mol. The van der Waals surface area contributed by atoms with Crippen LogP contribution in [0.25, 0.3) is 0 Å². The van der Waals surface area contributed by atoms with Crippen LogP contribution in [0.15, 0.2) is 0 Å². The third-order valence-electron chi connectivity index (χ3n) is 1.77. The topological polar surface area (TPSA) is 113 Å². The molecule has 0 aliphatic carbocycles. The highest BCUT2D eigenvalue weighted by Crippen LogP contribution is 2.35. The van der Waals surface area contributed by atoms with E-state index in [1.165, 1.54) is 0 Å². The van der Waals surface area contributed by atoms with Crippen LogP contribution in [-0.2, 0) is 18.8 Å². The third kappa shape index (κ3) is 8.05. The van der Waals surface area contributed by atoms with E-state index in [2.05, 4.69) is 9.47 Å². The Kier molecular flexibility index (Phi) is 7.58. The van der Waals surface area contributed by atoms with Crippen LogP contribution >= 0.6 is 7.60 Å². The van der Waals surface area contributed by atoms with Crippen molar-refractivity contribution in [2.45, 2.75) is 20.3 Å². The Morgan fingerprint density at radius 1 is 1.17 bits per heavy atom. The van der Waals surface area contributed by atoms with E-state index in [-0.39, 0.29) is 26.2 Å². The lowest BCUT2D eigenvalue weighted by atomic mass is 10.4. The minimum Gasteiger partial charge on any atom is -0.466 e. The van der Waals surface area contributed by atoms with Crippen molar-refractivity contribution >= 4 is 19.7 Å². The van der Waals surface area contributed by atoms with Gasteiger partial charge in [0, 0.05) is 6.54 Å². The van der Waals surface area contributed by atoms with Gasteiger partial charge in [-0.05, 0) is 13.8 Å². The Hall–Kier alpha value is -1.11. The molecule has 0 fully saturated rings. The second-order valence-electron chi connectivity index (χ2n) is 3.32. The maximum absolute atomic E-state index is 11.4. The molecule has 0 aromatic heterocycles. The van der Waals surface area contributed by atoms with Gasteiger partial charge in [-0.2, -0.15) is 0 Å². The smallest absolute Gasteiger partial charge is 0.410 e. The molecule has 0 radical (unpaired) electrons. The van der Waals surface area contributed by atoms with Crippen molar-refractivity contribution in [3.05, 3.63) is 0 Å². The monoisotopic (exact) mass is 283 g/mol. The van der Waals surface area contributed by atoms with Crippen molar-refractivity contribution in [1.82, 2.24) is 4.90 Å². The average molecular weight is 283 g/mol. The molecule has 2 N–H and O–H groups in total. The van der Waals surface area contributed by atoms with Crippen molar-refractivity contribution in [2.75, 3.05) is 26.0 Å². The summed E-state index contributed by atoms with van der Waals surface area (Å²) >= 11 is 0. The quantitative estimate of drug-likeness (QED) is 0.517. The molecule has 0 aromatic rings. The second kappa shape index (κ2) is 8.07. The van der Waals surface area contributed by atoms with Crippen LogP contribution in [-0.4, -0.2) is 52.8 Å². The molecule has 106 valence electrons. The van der Waals surface area contributed by atoms with E-state index in [0.717, 1.165) is 4.90 Å². The van der Waals surface area contributed by atoms with Crippen molar-refractivity contribution in [2.24, 2.45) is 0 Å². The summed E-state index contributed by atoms with van der Waals surface area (Å²) in [5.41, 5.74) is 0. The molecule has 0 heterocycles. The van der Waals surface area contributed by atoms with E-state index < -0.39 is 25.9 Å². The van der Waals surface area contributed by atoms with Gasteiger partial charge in [-0.1, -0.05) is 0 Å². The molecular formula is C9H18NO7P. The number of carbonyl (C=O) groups is 2. The van der Waals surface area contributed by atoms with Crippen LogP contribution < -0.4 is 0 Å². The lowest BCUT2D eigenvalue weighted by Gasteiger charge is -2.21. The number of rotatable bonds is 7. The van der Waals surface area contributed by atoms with E-state index in [9.17, 15) is 14.2 Å². The fourth-order valence-electron chi connectivity index (χ4n) is 1.12. The van der Waals surface area contributed by atoms with Gasteiger partial charge in [0.25, 0.3) is 0 Å². The molecule has 18 heavy (non-hydrogen) atoms. The van der Waals surface area contributed by atoms with Crippen molar-refractivity contribution < 1.29 is 33.4 Å². The van der Waals surface area contributed by atoms with Crippen LogP contribution in [0.4, 0.5) is 4.79 Å². The van der Waals surface area contributed by atoms with Gasteiger partial charge in [0.05, 0.1) is 19.6 Å². The SMILES string of the molecule is CCOC(=O)CCN(CP(=O)(O)O)C(=O)OCC. The summed E-state index contributed by atoms with van der Waals surface area (Å²) < 4.78 is 20.1. The first-order valence-electron chi connectivity index (χ1n) is 5.42. The maximum atomic E-state index is 11.4. The first-order valence-corrected chi connectivity index (χ1v) is 7.21. The number of hydrogen-bond donors (Lipinski definition) is 2. The number of nitrogens with zero attached hydrogens (tertiary/aromatic N) is 1. The Morgan fingerprint density at radius 2 is 1.72 bits per heavy atom. The van der Waals surface area contributed by atoms with Crippen molar-refractivity contribution in [1.29, 1.82) is 0 Å². The van der Waals surface area contributed by atoms with Gasteiger partial charge in [-0.15, -0.1) is 0 Å². The van der Waals surface area contributed by atoms with Gasteiger partial charge < -0.3 is 19.3 Å². The minimum atomic E-state index is -4.40. The second-order valence-corrected chi connectivity index (χ2v) is 4.94. The molecule has 0 bridgehead atoms. The van der Waals surface area contributed by atoms with E-state index in [4.69, 9.17) is 9.79 Å². The minimum absolute atomic E-state index is 0.0793. The molecule has 9 heteroatoms. The summed E-state index contributed by atoms with van der Waals surface area (Å²) in [5, 5.41) is 0. The summed E-state index contributed by atoms with van der Waals surface area (Å²) in [4.78, 5) is 40.9. The largest absolute Gasteiger partial charge is 0.466 e. The summed E-state index contributed by atoms with van der Waals surface area (Å²) in [7, 11) is -4.40. The zero-order valence-corrected chi connectivity index (χ0v) is 11.3. The van der Waals surface area contributed by atoms with E-state index in [0.29, 0.717) is 0 Å². The highest BCUT2D eigenvalue weighted by Gasteiger charge is 2.25. The molecule has 0 rings (SSSR count). The molecule has 0 atom stereocenters. The van der Waals surface area contributed by atoms with Crippen LogP contribution in [0.1, 0.15) is 20.3 Å². The standard InChI is InChI=1S/C9H18NO7P/c1-3-16-8(11)5-6-10(7-18(13,14)15)9(12)17-4-2/h3-7H2,1-2H3,(H2,13,14,15). The highest BCUT2D eigenvalue weighted by molar-refractivity contribution is 7.51. The van der Waals surface area contributed by atoms with E-state index in [1.807, 2.05) is 0 Å². The van der Waals surface area contributed by atoms with Crippen LogP contribution in [0.5, 0.6) is 0 Å². The van der Waals surface area contributed by atoms with E-state index >= 15 is 0 Å². The lowest BCUT2D eigenvalue weighted by Crippen LogP contribution is -2.34. The number of carbonyl (C=O) groups excluding carboxylic acids is 2.